The Morgan fingerprint density at radius 3 is 2.88 bits per heavy atom. The number of H-pyrrole nitrogens is 1. The van der Waals surface area contributed by atoms with Crippen LogP contribution in [-0.2, 0) is 14.9 Å². The average molecular weight is 250 g/mol. The molecule has 1 N–H and O–H groups in total. The maximum Gasteiger partial charge on any atom is 0.318 e. The molecule has 2 heterocycles. The van der Waals surface area contributed by atoms with E-state index in [0.717, 1.165) is 16.3 Å². The molecule has 0 saturated heterocycles. The van der Waals surface area contributed by atoms with Gasteiger partial charge in [-0.1, -0.05) is 0 Å². The number of rotatable bonds is 3. The van der Waals surface area contributed by atoms with Crippen molar-refractivity contribution >= 4 is 17.3 Å². The normalized spacial score (nSPS) is 11.5. The molecule has 2 aromatic heterocycles. The molecular weight excluding hydrogens is 236 g/mol. The maximum absolute atomic E-state index is 11.7. The van der Waals surface area contributed by atoms with Gasteiger partial charge in [-0.15, -0.1) is 11.3 Å². The average Bonchev–Trinajstić information content (AvgIpc) is 2.97. The van der Waals surface area contributed by atoms with Crippen molar-refractivity contribution < 1.29 is 9.53 Å². The van der Waals surface area contributed by atoms with E-state index in [1.165, 1.54) is 18.4 Å². The highest BCUT2D eigenvalue weighted by Crippen LogP contribution is 2.31. The second-order valence-corrected chi connectivity index (χ2v) is 5.11. The minimum absolute atomic E-state index is 0.271. The molecule has 0 radical (unpaired) electrons. The zero-order valence-corrected chi connectivity index (χ0v) is 10.8. The van der Waals surface area contributed by atoms with E-state index in [0.29, 0.717) is 0 Å². The summed E-state index contributed by atoms with van der Waals surface area (Å²) >= 11 is 1.47. The summed E-state index contributed by atoms with van der Waals surface area (Å²) in [5, 5.41) is 2.71. The number of ether oxygens (including phenoxy) is 1. The van der Waals surface area contributed by atoms with E-state index in [9.17, 15) is 4.79 Å². The molecular formula is C12H14N2O2S. The first-order valence-corrected chi connectivity index (χ1v) is 6.11. The number of nitrogens with one attached hydrogen (secondary N) is 1. The van der Waals surface area contributed by atoms with Crippen molar-refractivity contribution in [2.75, 3.05) is 7.11 Å². The summed E-state index contributed by atoms with van der Waals surface area (Å²) in [6.07, 6.45) is 3.73. The monoisotopic (exact) mass is 250 g/mol. The van der Waals surface area contributed by atoms with Gasteiger partial charge in [0, 0.05) is 23.3 Å². The molecule has 5 heteroatoms. The molecule has 2 aromatic rings. The predicted octanol–water partition coefficient (Wildman–Crippen LogP) is 2.59. The fourth-order valence-electron chi connectivity index (χ4n) is 1.52. The van der Waals surface area contributed by atoms with E-state index in [2.05, 4.69) is 9.97 Å². The number of carbonyl (C=O) groups is 1. The van der Waals surface area contributed by atoms with Crippen molar-refractivity contribution in [3.05, 3.63) is 28.8 Å². The quantitative estimate of drug-likeness (QED) is 0.852. The smallest absolute Gasteiger partial charge is 0.318 e. The van der Waals surface area contributed by atoms with Crippen molar-refractivity contribution in [3.63, 3.8) is 0 Å². The first kappa shape index (κ1) is 11.9. The number of esters is 1. The van der Waals surface area contributed by atoms with Crippen LogP contribution in [0, 0.1) is 0 Å². The molecule has 17 heavy (non-hydrogen) atoms. The Bertz CT molecular complexity index is 514. The summed E-state index contributed by atoms with van der Waals surface area (Å²) in [4.78, 5) is 19.1. The first-order valence-electron chi connectivity index (χ1n) is 5.23. The molecule has 4 nitrogen and oxygen atoms in total. The van der Waals surface area contributed by atoms with Gasteiger partial charge in [-0.05, 0) is 19.9 Å². The van der Waals surface area contributed by atoms with Gasteiger partial charge in [0.05, 0.1) is 12.8 Å². The topological polar surface area (TPSA) is 55.0 Å². The second kappa shape index (κ2) is 4.33. The minimum Gasteiger partial charge on any atom is -0.468 e. The Morgan fingerprint density at radius 1 is 1.53 bits per heavy atom. The van der Waals surface area contributed by atoms with Gasteiger partial charge in [-0.25, -0.2) is 4.98 Å². The lowest BCUT2D eigenvalue weighted by molar-refractivity contribution is -0.146. The van der Waals surface area contributed by atoms with Crippen molar-refractivity contribution in [2.24, 2.45) is 0 Å². The van der Waals surface area contributed by atoms with Crippen LogP contribution in [0.25, 0.3) is 11.3 Å². The summed E-state index contributed by atoms with van der Waals surface area (Å²) in [7, 11) is 1.39. The first-order chi connectivity index (χ1) is 8.05. The van der Waals surface area contributed by atoms with Crippen molar-refractivity contribution in [3.8, 4) is 11.3 Å². The van der Waals surface area contributed by atoms with Gasteiger partial charge < -0.3 is 9.72 Å². The van der Waals surface area contributed by atoms with Crippen LogP contribution >= 0.6 is 11.3 Å². The standard InChI is InChI=1S/C12H14N2O2S/c1-12(2,11(15)16-3)10-14-9(7-17-10)8-4-5-13-6-8/h4-7,13H,1-3H3. The van der Waals surface area contributed by atoms with Crippen LogP contribution in [0.2, 0.25) is 0 Å². The van der Waals surface area contributed by atoms with Crippen molar-refractivity contribution in [1.82, 2.24) is 9.97 Å². The number of thiazole rings is 1. The Morgan fingerprint density at radius 2 is 2.29 bits per heavy atom. The molecule has 0 aliphatic carbocycles. The lowest BCUT2D eigenvalue weighted by atomic mass is 9.95. The van der Waals surface area contributed by atoms with Crippen LogP contribution in [0.5, 0.6) is 0 Å². The van der Waals surface area contributed by atoms with Gasteiger partial charge >= 0.3 is 5.97 Å². The number of hydrogen-bond donors (Lipinski definition) is 1. The fourth-order valence-corrected chi connectivity index (χ4v) is 2.46. The number of nitrogens with zero attached hydrogens (tertiary/aromatic N) is 1. The summed E-state index contributed by atoms with van der Waals surface area (Å²) in [6.45, 7) is 3.64. The zero-order chi connectivity index (χ0) is 12.5. The molecule has 0 atom stereocenters. The highest BCUT2D eigenvalue weighted by molar-refractivity contribution is 7.10. The molecule has 0 aliphatic heterocycles. The van der Waals surface area contributed by atoms with Crippen LogP contribution in [0.15, 0.2) is 23.8 Å². The predicted molar refractivity (Wildman–Crippen MR) is 66.9 cm³/mol. The number of methoxy groups -OCH3 is 1. The molecule has 0 aliphatic rings. The Balaban J connectivity index is 2.33. The van der Waals surface area contributed by atoms with Crippen molar-refractivity contribution in [2.45, 2.75) is 19.3 Å². The van der Waals surface area contributed by atoms with Crippen LogP contribution in [0.4, 0.5) is 0 Å². The van der Waals surface area contributed by atoms with Gasteiger partial charge in [0.25, 0.3) is 0 Å². The molecule has 0 amide bonds. The molecule has 0 saturated carbocycles. The SMILES string of the molecule is COC(=O)C(C)(C)c1nc(-c2cc[nH]c2)cs1. The third-order valence-electron chi connectivity index (χ3n) is 2.63. The Hall–Kier alpha value is -1.62. The number of carbonyl (C=O) groups excluding carboxylic acids is 1. The number of hydrogen-bond acceptors (Lipinski definition) is 4. The van der Waals surface area contributed by atoms with Crippen LogP contribution < -0.4 is 0 Å². The van der Waals surface area contributed by atoms with E-state index in [4.69, 9.17) is 4.74 Å². The van der Waals surface area contributed by atoms with Gasteiger partial charge in [0.1, 0.15) is 10.4 Å². The Kier molecular flexibility index (Phi) is 3.02. The van der Waals surface area contributed by atoms with Crippen LogP contribution in [0.3, 0.4) is 0 Å². The molecule has 0 unspecified atom stereocenters. The second-order valence-electron chi connectivity index (χ2n) is 4.25. The highest BCUT2D eigenvalue weighted by Gasteiger charge is 2.34. The summed E-state index contributed by atoms with van der Waals surface area (Å²) < 4.78 is 4.79. The van der Waals surface area contributed by atoms with E-state index < -0.39 is 5.41 Å². The Labute approximate surface area is 104 Å². The third kappa shape index (κ3) is 2.10. The highest BCUT2D eigenvalue weighted by atomic mass is 32.1. The van der Waals surface area contributed by atoms with Gasteiger partial charge in [0.15, 0.2) is 0 Å². The molecule has 2 rings (SSSR count). The minimum atomic E-state index is -0.700. The van der Waals surface area contributed by atoms with Gasteiger partial charge in [-0.3, -0.25) is 4.79 Å². The summed E-state index contributed by atoms with van der Waals surface area (Å²) in [6, 6.07) is 1.95. The van der Waals surface area contributed by atoms with E-state index in [1.54, 1.807) is 0 Å². The lowest BCUT2D eigenvalue weighted by Crippen LogP contribution is -2.30. The van der Waals surface area contributed by atoms with Crippen LogP contribution in [0.1, 0.15) is 18.9 Å². The van der Waals surface area contributed by atoms with Crippen molar-refractivity contribution in [1.29, 1.82) is 0 Å². The van der Waals surface area contributed by atoms with E-state index in [-0.39, 0.29) is 5.97 Å². The summed E-state index contributed by atoms with van der Waals surface area (Å²) in [5.74, 6) is -0.271. The fraction of sp³-hybridized carbons (Fsp3) is 0.333. The largest absolute Gasteiger partial charge is 0.468 e. The lowest BCUT2D eigenvalue weighted by Gasteiger charge is -2.18. The van der Waals surface area contributed by atoms with E-state index >= 15 is 0 Å². The molecule has 0 bridgehead atoms. The van der Waals surface area contributed by atoms with Crippen LogP contribution in [-0.4, -0.2) is 23.0 Å². The summed E-state index contributed by atoms with van der Waals surface area (Å²) in [5.41, 5.74) is 1.20. The number of aromatic nitrogens is 2. The zero-order valence-electron chi connectivity index (χ0n) is 9.98. The van der Waals surface area contributed by atoms with E-state index in [1.807, 2.05) is 37.7 Å². The van der Waals surface area contributed by atoms with Gasteiger partial charge in [0.2, 0.25) is 0 Å². The number of aromatic amines is 1. The molecule has 90 valence electrons. The molecule has 0 spiro atoms. The molecule has 0 fully saturated rings. The van der Waals surface area contributed by atoms with Gasteiger partial charge in [-0.2, -0.15) is 0 Å². The third-order valence-corrected chi connectivity index (χ3v) is 3.79. The maximum atomic E-state index is 11.7. The molecule has 0 aromatic carbocycles.